The van der Waals surface area contributed by atoms with E-state index in [9.17, 15) is 0 Å². The van der Waals surface area contributed by atoms with Crippen LogP contribution in [0, 0.1) is 0 Å². The molecule has 0 amide bonds. The predicted octanol–water partition coefficient (Wildman–Crippen LogP) is 1.70. The number of hydrogen-bond donors (Lipinski definition) is 0. The Labute approximate surface area is 47.6 Å². The van der Waals surface area contributed by atoms with Crippen molar-refractivity contribution in [1.82, 2.24) is 0 Å². The third-order valence-electron chi connectivity index (χ3n) is 0.121. The van der Waals surface area contributed by atoms with Crippen LogP contribution in [-0.2, 0) is 19.2 Å². The Balaban J connectivity index is 2.85. The molecule has 0 aromatic carbocycles. The first-order chi connectivity index (χ1) is 2.27. The first-order valence-electron chi connectivity index (χ1n) is 1.12. The van der Waals surface area contributed by atoms with Gasteiger partial charge in [0.1, 0.15) is 0 Å². The first-order valence-corrected chi connectivity index (χ1v) is 2.60. The third-order valence-corrected chi connectivity index (χ3v) is 1.22. The van der Waals surface area contributed by atoms with Crippen molar-refractivity contribution >= 4 is 11.6 Å². The fourth-order valence-electron chi connectivity index (χ4n) is 0. The van der Waals surface area contributed by atoms with Crippen molar-refractivity contribution in [1.29, 1.82) is 0 Å². The molecule has 0 aromatic rings. The molecule has 0 nitrogen and oxygen atoms in total. The van der Waals surface area contributed by atoms with Crippen LogP contribution in [0.25, 0.3) is 0 Å². The zero-order valence-corrected chi connectivity index (χ0v) is 4.92. The molecule has 0 aliphatic heterocycles. The molecule has 0 aliphatic rings. The summed E-state index contributed by atoms with van der Waals surface area (Å²) in [5.74, 6) is 0. The van der Waals surface area contributed by atoms with Gasteiger partial charge in [-0.1, -0.05) is 0 Å². The van der Waals surface area contributed by atoms with E-state index in [1.807, 2.05) is 0 Å². The summed E-state index contributed by atoms with van der Waals surface area (Å²) in [6.45, 7) is 3.40. The molecule has 0 N–H and O–H groups in total. The number of rotatable bonds is 1. The summed E-state index contributed by atoms with van der Waals surface area (Å²) in [7, 11) is 0. The molecular formula is C3H4ClPd. The molecule has 0 spiro atoms. The fraction of sp³-hybridized carbons (Fsp3) is 0.333. The van der Waals surface area contributed by atoms with Crippen LogP contribution in [0.4, 0.5) is 0 Å². The molecule has 0 aliphatic carbocycles. The van der Waals surface area contributed by atoms with Gasteiger partial charge >= 0.3 is 47.3 Å². The molecule has 0 rings (SSSR count). The second kappa shape index (κ2) is 2.91. The topological polar surface area (TPSA) is 0 Å². The minimum absolute atomic E-state index is 0.660. The maximum absolute atomic E-state index is 5.23. The van der Waals surface area contributed by atoms with E-state index >= 15 is 0 Å². The van der Waals surface area contributed by atoms with Crippen LogP contribution in [0.3, 0.4) is 0 Å². The van der Waals surface area contributed by atoms with Gasteiger partial charge in [0.2, 0.25) is 0 Å². The summed E-state index contributed by atoms with van der Waals surface area (Å²) < 4.78 is 0. The fourth-order valence-corrected chi connectivity index (χ4v) is 0. The van der Waals surface area contributed by atoms with Gasteiger partial charge in [-0.2, -0.15) is 0 Å². The van der Waals surface area contributed by atoms with E-state index < -0.39 is 0 Å². The zero-order valence-electron chi connectivity index (χ0n) is 2.61. The second-order valence-electron chi connectivity index (χ2n) is 0.629. The Morgan fingerprint density at radius 1 is 2.00 bits per heavy atom. The van der Waals surface area contributed by atoms with Crippen LogP contribution in [-0.4, -0.2) is 0 Å². The Morgan fingerprint density at radius 3 is 2.20 bits per heavy atom. The Kier molecular flexibility index (Phi) is 3.31. The van der Waals surface area contributed by atoms with E-state index in [1.165, 1.54) is 0 Å². The van der Waals surface area contributed by atoms with Crippen LogP contribution in [0.1, 0.15) is 0 Å². The van der Waals surface area contributed by atoms with Crippen molar-refractivity contribution in [2.75, 3.05) is 0 Å². The van der Waals surface area contributed by atoms with Gasteiger partial charge in [-0.05, 0) is 0 Å². The predicted molar refractivity (Wildman–Crippen MR) is 19.8 cm³/mol. The van der Waals surface area contributed by atoms with Crippen LogP contribution >= 0.6 is 11.6 Å². The van der Waals surface area contributed by atoms with Crippen molar-refractivity contribution in [2.45, 2.75) is 4.89 Å². The molecule has 2 heteroatoms. The van der Waals surface area contributed by atoms with Gasteiger partial charge in [0, 0.05) is 0 Å². The average molecular weight is 182 g/mol. The Hall–Kier alpha value is 0.692. The van der Waals surface area contributed by atoms with Gasteiger partial charge in [-0.3, -0.25) is 0 Å². The number of halogens is 1. The number of allylic oxidation sites excluding steroid dienone is 1. The van der Waals surface area contributed by atoms with Gasteiger partial charge in [0.25, 0.3) is 0 Å². The standard InChI is InChI=1S/C3H4Cl.Pd/c1-3(2)4;/h1-2H2;. The molecule has 0 bridgehead atoms. The van der Waals surface area contributed by atoms with Gasteiger partial charge in [0.05, 0.1) is 0 Å². The summed E-state index contributed by atoms with van der Waals surface area (Å²) in [4.78, 5) is 0.727. The van der Waals surface area contributed by atoms with Crippen LogP contribution in [0.5, 0.6) is 0 Å². The van der Waals surface area contributed by atoms with Crippen molar-refractivity contribution in [3.8, 4) is 0 Å². The molecule has 5 heavy (non-hydrogen) atoms. The molecule has 0 heterocycles. The molecule has 0 radical (unpaired) electrons. The zero-order chi connectivity index (χ0) is 4.28. The molecule has 0 saturated heterocycles. The SMILES string of the molecule is C=C(Cl)[CH2][Pd]. The van der Waals surface area contributed by atoms with Gasteiger partial charge in [-0.25, -0.2) is 0 Å². The van der Waals surface area contributed by atoms with Crippen molar-refractivity contribution < 1.29 is 19.2 Å². The molecule has 0 aromatic heterocycles. The van der Waals surface area contributed by atoms with Crippen LogP contribution in [0.15, 0.2) is 11.6 Å². The van der Waals surface area contributed by atoms with E-state index in [0.717, 1.165) is 4.89 Å². The first kappa shape index (κ1) is 5.69. The summed E-state index contributed by atoms with van der Waals surface area (Å²) >= 11 is 8.09. The summed E-state index contributed by atoms with van der Waals surface area (Å²) in [6, 6.07) is 0. The van der Waals surface area contributed by atoms with E-state index in [4.69, 9.17) is 11.6 Å². The van der Waals surface area contributed by atoms with E-state index in [2.05, 4.69) is 25.8 Å². The van der Waals surface area contributed by atoms with Crippen molar-refractivity contribution in [2.24, 2.45) is 0 Å². The normalized spacial score (nSPS) is 7.80. The van der Waals surface area contributed by atoms with E-state index in [-0.39, 0.29) is 0 Å². The minimum atomic E-state index is 0.660. The number of hydrogen-bond acceptors (Lipinski definition) is 0. The monoisotopic (exact) mass is 181 g/mol. The third kappa shape index (κ3) is 4.69. The van der Waals surface area contributed by atoms with E-state index in [0.29, 0.717) is 5.03 Å². The van der Waals surface area contributed by atoms with Crippen molar-refractivity contribution in [3.05, 3.63) is 11.6 Å². The Morgan fingerprint density at radius 2 is 2.20 bits per heavy atom. The Bertz CT molecular complexity index is 42.2. The molecule has 0 unspecified atom stereocenters. The van der Waals surface area contributed by atoms with Gasteiger partial charge in [0.15, 0.2) is 0 Å². The van der Waals surface area contributed by atoms with Crippen LogP contribution in [0.2, 0.25) is 4.89 Å². The molecule has 0 fully saturated rings. The maximum atomic E-state index is 5.23. The molecule has 0 atom stereocenters. The summed E-state index contributed by atoms with van der Waals surface area (Å²) in [5, 5.41) is 0.660. The van der Waals surface area contributed by atoms with Gasteiger partial charge < -0.3 is 0 Å². The van der Waals surface area contributed by atoms with Gasteiger partial charge in [-0.15, -0.1) is 0 Å². The molecule has 33 valence electrons. The summed E-state index contributed by atoms with van der Waals surface area (Å²) in [5.41, 5.74) is 0. The summed E-state index contributed by atoms with van der Waals surface area (Å²) in [6.07, 6.45) is 0. The van der Waals surface area contributed by atoms with Crippen molar-refractivity contribution in [3.63, 3.8) is 0 Å². The quantitative estimate of drug-likeness (QED) is 0.541. The second-order valence-corrected chi connectivity index (χ2v) is 1.71. The average Bonchev–Trinajstić information content (AvgIpc) is 1.38. The van der Waals surface area contributed by atoms with E-state index in [1.54, 1.807) is 0 Å². The van der Waals surface area contributed by atoms with Crippen LogP contribution < -0.4 is 0 Å². The molecule has 0 saturated carbocycles. The molecular weight excluding hydrogens is 178 g/mol.